The second-order valence-electron chi connectivity index (χ2n) is 2.89. The number of H-pyrrole nitrogens is 1. The SMILES string of the molecule is COC(=O)c1ccc(-c2cccnn2)[nH]1. The van der Waals surface area contributed by atoms with Crippen LogP contribution in [0.3, 0.4) is 0 Å². The van der Waals surface area contributed by atoms with Gasteiger partial charge in [0.05, 0.1) is 12.8 Å². The first-order valence-corrected chi connectivity index (χ1v) is 4.36. The Bertz CT molecular complexity index is 465. The third kappa shape index (κ3) is 1.85. The van der Waals surface area contributed by atoms with Gasteiger partial charge in [-0.3, -0.25) is 0 Å². The number of esters is 1. The zero-order chi connectivity index (χ0) is 10.7. The van der Waals surface area contributed by atoms with E-state index in [2.05, 4.69) is 19.9 Å². The first kappa shape index (κ1) is 9.39. The van der Waals surface area contributed by atoms with Gasteiger partial charge in [0.15, 0.2) is 0 Å². The normalized spacial score (nSPS) is 9.93. The molecule has 0 saturated carbocycles. The van der Waals surface area contributed by atoms with Gasteiger partial charge < -0.3 is 9.72 Å². The van der Waals surface area contributed by atoms with E-state index in [9.17, 15) is 4.79 Å². The van der Waals surface area contributed by atoms with Crippen LogP contribution in [0.15, 0.2) is 30.5 Å². The third-order valence-electron chi connectivity index (χ3n) is 1.94. The summed E-state index contributed by atoms with van der Waals surface area (Å²) in [5, 5.41) is 7.66. The molecule has 0 aliphatic carbocycles. The van der Waals surface area contributed by atoms with Crippen molar-refractivity contribution in [2.24, 2.45) is 0 Å². The van der Waals surface area contributed by atoms with Crippen molar-refractivity contribution in [3.8, 4) is 11.4 Å². The van der Waals surface area contributed by atoms with Crippen LogP contribution in [-0.4, -0.2) is 28.3 Å². The second-order valence-corrected chi connectivity index (χ2v) is 2.89. The van der Waals surface area contributed by atoms with Crippen LogP contribution in [0.1, 0.15) is 10.5 Å². The topological polar surface area (TPSA) is 67.9 Å². The van der Waals surface area contributed by atoms with Crippen molar-refractivity contribution in [1.29, 1.82) is 0 Å². The number of carbonyl (C=O) groups is 1. The predicted octanol–water partition coefficient (Wildman–Crippen LogP) is 1.26. The molecule has 1 N–H and O–H groups in total. The van der Waals surface area contributed by atoms with E-state index in [1.165, 1.54) is 7.11 Å². The molecule has 0 saturated heterocycles. The lowest BCUT2D eigenvalue weighted by Gasteiger charge is -1.95. The molecule has 76 valence electrons. The molecule has 0 fully saturated rings. The maximum atomic E-state index is 11.2. The van der Waals surface area contributed by atoms with Gasteiger partial charge in [0.1, 0.15) is 11.4 Å². The Morgan fingerprint density at radius 1 is 1.40 bits per heavy atom. The predicted molar refractivity (Wildman–Crippen MR) is 53.2 cm³/mol. The molecular weight excluding hydrogens is 194 g/mol. The van der Waals surface area contributed by atoms with Crippen molar-refractivity contribution in [2.75, 3.05) is 7.11 Å². The molecule has 0 atom stereocenters. The largest absolute Gasteiger partial charge is 0.464 e. The lowest BCUT2D eigenvalue weighted by atomic mass is 10.3. The molecule has 0 amide bonds. The van der Waals surface area contributed by atoms with Crippen molar-refractivity contribution in [3.05, 3.63) is 36.2 Å². The minimum absolute atomic E-state index is 0.398. The van der Waals surface area contributed by atoms with Gasteiger partial charge in [-0.05, 0) is 24.3 Å². The smallest absolute Gasteiger partial charge is 0.354 e. The van der Waals surface area contributed by atoms with E-state index in [-0.39, 0.29) is 0 Å². The average Bonchev–Trinajstić information content (AvgIpc) is 2.78. The van der Waals surface area contributed by atoms with Crippen molar-refractivity contribution in [1.82, 2.24) is 15.2 Å². The number of methoxy groups -OCH3 is 1. The van der Waals surface area contributed by atoms with E-state index in [4.69, 9.17) is 0 Å². The molecule has 5 nitrogen and oxygen atoms in total. The van der Waals surface area contributed by atoms with Gasteiger partial charge in [-0.25, -0.2) is 4.79 Å². The zero-order valence-electron chi connectivity index (χ0n) is 8.10. The Balaban J connectivity index is 2.32. The first-order chi connectivity index (χ1) is 7.31. The quantitative estimate of drug-likeness (QED) is 0.746. The Morgan fingerprint density at radius 3 is 2.93 bits per heavy atom. The minimum Gasteiger partial charge on any atom is -0.464 e. The summed E-state index contributed by atoms with van der Waals surface area (Å²) in [4.78, 5) is 14.1. The minimum atomic E-state index is -0.398. The molecule has 0 spiro atoms. The highest BCUT2D eigenvalue weighted by Gasteiger charge is 2.09. The molecule has 2 aromatic heterocycles. The van der Waals surface area contributed by atoms with Crippen molar-refractivity contribution in [2.45, 2.75) is 0 Å². The van der Waals surface area contributed by atoms with Crippen LogP contribution in [0.5, 0.6) is 0 Å². The summed E-state index contributed by atoms with van der Waals surface area (Å²) < 4.78 is 4.58. The number of ether oxygens (including phenoxy) is 1. The highest BCUT2D eigenvalue weighted by molar-refractivity contribution is 5.88. The summed E-state index contributed by atoms with van der Waals surface area (Å²) in [6, 6.07) is 6.99. The summed E-state index contributed by atoms with van der Waals surface area (Å²) in [5.41, 5.74) is 1.83. The summed E-state index contributed by atoms with van der Waals surface area (Å²) in [5.74, 6) is -0.398. The second kappa shape index (κ2) is 3.91. The van der Waals surface area contributed by atoms with Gasteiger partial charge >= 0.3 is 5.97 Å². The standard InChI is InChI=1S/C10H9N3O2/c1-15-10(14)9-5-4-7(12-9)8-3-2-6-11-13-8/h2-6,12H,1H3. The molecule has 2 rings (SSSR count). The van der Waals surface area contributed by atoms with E-state index in [1.54, 1.807) is 30.5 Å². The van der Waals surface area contributed by atoms with Crippen molar-refractivity contribution in [3.63, 3.8) is 0 Å². The highest BCUT2D eigenvalue weighted by atomic mass is 16.5. The highest BCUT2D eigenvalue weighted by Crippen LogP contribution is 2.14. The summed E-state index contributed by atoms with van der Waals surface area (Å²) in [6.45, 7) is 0. The van der Waals surface area contributed by atoms with Gasteiger partial charge in [-0.1, -0.05) is 0 Å². The molecule has 5 heteroatoms. The number of hydrogen-bond donors (Lipinski definition) is 1. The van der Waals surface area contributed by atoms with E-state index >= 15 is 0 Å². The molecule has 0 aliphatic heterocycles. The van der Waals surface area contributed by atoms with Gasteiger partial charge in [0, 0.05) is 6.20 Å². The molecule has 0 aromatic carbocycles. The number of carbonyl (C=O) groups excluding carboxylic acids is 1. The van der Waals surface area contributed by atoms with Crippen molar-refractivity contribution >= 4 is 5.97 Å². The van der Waals surface area contributed by atoms with Crippen LogP contribution >= 0.6 is 0 Å². The Hall–Kier alpha value is -2.17. The lowest BCUT2D eigenvalue weighted by Crippen LogP contribution is -2.01. The Kier molecular flexibility index (Phi) is 2.45. The Morgan fingerprint density at radius 2 is 2.27 bits per heavy atom. The average molecular weight is 203 g/mol. The van der Waals surface area contributed by atoms with E-state index in [1.807, 2.05) is 0 Å². The van der Waals surface area contributed by atoms with Crippen LogP contribution < -0.4 is 0 Å². The third-order valence-corrected chi connectivity index (χ3v) is 1.94. The summed E-state index contributed by atoms with van der Waals surface area (Å²) in [6.07, 6.45) is 1.59. The fourth-order valence-corrected chi connectivity index (χ4v) is 1.22. The van der Waals surface area contributed by atoms with Crippen LogP contribution in [0, 0.1) is 0 Å². The zero-order valence-corrected chi connectivity index (χ0v) is 8.10. The number of nitrogens with one attached hydrogen (secondary N) is 1. The number of aromatic amines is 1. The van der Waals surface area contributed by atoms with Crippen LogP contribution in [-0.2, 0) is 4.74 Å². The maximum Gasteiger partial charge on any atom is 0.354 e. The molecule has 0 bridgehead atoms. The number of nitrogens with zero attached hydrogens (tertiary/aromatic N) is 2. The van der Waals surface area contributed by atoms with Gasteiger partial charge in [0.25, 0.3) is 0 Å². The van der Waals surface area contributed by atoms with Crippen LogP contribution in [0.25, 0.3) is 11.4 Å². The van der Waals surface area contributed by atoms with Gasteiger partial charge in [-0.2, -0.15) is 5.10 Å². The lowest BCUT2D eigenvalue weighted by molar-refractivity contribution is 0.0595. The molecule has 2 heterocycles. The molecule has 0 radical (unpaired) electrons. The molecule has 2 aromatic rings. The molecule has 0 aliphatic rings. The van der Waals surface area contributed by atoms with Gasteiger partial charge in [-0.15, -0.1) is 5.10 Å². The van der Waals surface area contributed by atoms with E-state index < -0.39 is 5.97 Å². The fourth-order valence-electron chi connectivity index (χ4n) is 1.22. The number of aromatic nitrogens is 3. The Labute approximate surface area is 86.1 Å². The van der Waals surface area contributed by atoms with E-state index in [0.29, 0.717) is 11.4 Å². The fraction of sp³-hybridized carbons (Fsp3) is 0.100. The number of rotatable bonds is 2. The van der Waals surface area contributed by atoms with Crippen LogP contribution in [0.2, 0.25) is 0 Å². The van der Waals surface area contributed by atoms with Gasteiger partial charge in [0.2, 0.25) is 0 Å². The summed E-state index contributed by atoms with van der Waals surface area (Å²) in [7, 11) is 1.34. The monoisotopic (exact) mass is 203 g/mol. The first-order valence-electron chi connectivity index (χ1n) is 4.36. The van der Waals surface area contributed by atoms with E-state index in [0.717, 1.165) is 5.69 Å². The maximum absolute atomic E-state index is 11.2. The molecule has 0 unspecified atom stereocenters. The number of hydrogen-bond acceptors (Lipinski definition) is 4. The molecular formula is C10H9N3O2. The summed E-state index contributed by atoms with van der Waals surface area (Å²) >= 11 is 0. The van der Waals surface area contributed by atoms with Crippen LogP contribution in [0.4, 0.5) is 0 Å². The van der Waals surface area contributed by atoms with Crippen molar-refractivity contribution < 1.29 is 9.53 Å². The molecule has 15 heavy (non-hydrogen) atoms.